The van der Waals surface area contributed by atoms with Gasteiger partial charge in [0, 0.05) is 5.39 Å². The van der Waals surface area contributed by atoms with E-state index in [4.69, 9.17) is 0 Å². The van der Waals surface area contributed by atoms with Crippen LogP contribution in [0.1, 0.15) is 0 Å². The maximum Gasteiger partial charge on any atom is 0.182 e. The van der Waals surface area contributed by atoms with Crippen molar-refractivity contribution < 1.29 is 0 Å². The monoisotopic (exact) mass is 129 g/mol. The lowest BCUT2D eigenvalue weighted by atomic mass is 10.3. The van der Waals surface area contributed by atoms with Crippen molar-refractivity contribution in [2.45, 2.75) is 0 Å². The molecule has 0 spiro atoms. The Morgan fingerprint density at radius 2 is 2.30 bits per heavy atom. The predicted molar refractivity (Wildman–Crippen MR) is 35.0 cm³/mol. The highest BCUT2D eigenvalue weighted by atomic mass is 15.1. The van der Waals surface area contributed by atoms with Crippen LogP contribution in [0.2, 0.25) is 0 Å². The Morgan fingerprint density at radius 1 is 1.30 bits per heavy atom. The Balaban J connectivity index is 2.89. The summed E-state index contributed by atoms with van der Waals surface area (Å²) in [5, 5.41) is 8.23. The minimum atomic E-state index is 0.612. The summed E-state index contributed by atoms with van der Waals surface area (Å²) in [6.45, 7) is 0. The van der Waals surface area contributed by atoms with Crippen molar-refractivity contribution in [3.63, 3.8) is 0 Å². The number of rotatable bonds is 0. The van der Waals surface area contributed by atoms with E-state index in [0.717, 1.165) is 5.39 Å². The fourth-order valence-electron chi connectivity index (χ4n) is 0.732. The Bertz CT molecular complexity index is 280. The molecule has 10 heavy (non-hydrogen) atoms. The maximum absolute atomic E-state index is 3.86. The molecule has 0 bridgehead atoms. The van der Waals surface area contributed by atoms with Gasteiger partial charge in [0.2, 0.25) is 0 Å². The molecule has 2 heterocycles. The first kappa shape index (κ1) is 5.29. The number of nitrogens with zero attached hydrogens (tertiary/aromatic N) is 3. The second-order valence-corrected chi connectivity index (χ2v) is 1.83. The van der Waals surface area contributed by atoms with Gasteiger partial charge in [-0.1, -0.05) is 0 Å². The molecule has 3 nitrogen and oxygen atoms in total. The molecule has 0 fully saturated rings. The van der Waals surface area contributed by atoms with Gasteiger partial charge in [-0.25, -0.2) is 4.98 Å². The number of hydrogen-bond donors (Lipinski definition) is 0. The molecule has 2 rings (SSSR count). The Kier molecular flexibility index (Phi) is 1.07. The molecule has 0 aromatic carbocycles. The van der Waals surface area contributed by atoms with Crippen LogP contribution in [0.3, 0.4) is 0 Å². The van der Waals surface area contributed by atoms with Gasteiger partial charge in [0.25, 0.3) is 0 Å². The van der Waals surface area contributed by atoms with Gasteiger partial charge >= 0.3 is 0 Å². The number of aromatic nitrogens is 3. The molecule has 0 aliphatic heterocycles. The fourth-order valence-corrected chi connectivity index (χ4v) is 0.732. The predicted octanol–water partition coefficient (Wildman–Crippen LogP) is 0.625. The number of fused-ring (bicyclic) bond motifs is 1. The minimum Gasteiger partial charge on any atom is -0.225 e. The average molecular weight is 129 g/mol. The van der Waals surface area contributed by atoms with Crippen LogP contribution >= 0.6 is 0 Å². The van der Waals surface area contributed by atoms with Crippen molar-refractivity contribution in [1.29, 1.82) is 0 Å². The first-order valence-corrected chi connectivity index (χ1v) is 2.83. The van der Waals surface area contributed by atoms with Crippen LogP contribution < -0.4 is 0 Å². The first-order chi connectivity index (χ1) is 4.97. The summed E-state index contributed by atoms with van der Waals surface area (Å²) < 4.78 is 0. The molecule has 0 saturated heterocycles. The highest BCUT2D eigenvalue weighted by Gasteiger charge is 1.90. The lowest BCUT2D eigenvalue weighted by Gasteiger charge is -1.88. The zero-order valence-electron chi connectivity index (χ0n) is 5.07. The largest absolute Gasteiger partial charge is 0.225 e. The van der Waals surface area contributed by atoms with Gasteiger partial charge < -0.3 is 0 Å². The molecular formula is C7H3N3. The lowest BCUT2D eigenvalue weighted by molar-refractivity contribution is 1.04. The molecule has 2 aromatic rings. The molecule has 0 aliphatic carbocycles. The van der Waals surface area contributed by atoms with Crippen molar-refractivity contribution in [2.24, 2.45) is 0 Å². The maximum atomic E-state index is 3.86. The second kappa shape index (κ2) is 2.02. The van der Waals surface area contributed by atoms with E-state index in [0.29, 0.717) is 5.65 Å². The van der Waals surface area contributed by atoms with Crippen LogP contribution in [0.5, 0.6) is 0 Å². The topological polar surface area (TPSA) is 38.7 Å². The molecule has 3 heteroatoms. The quantitative estimate of drug-likeness (QED) is 0.523. The molecule has 2 radical (unpaired) electrons. The summed E-state index contributed by atoms with van der Waals surface area (Å²) in [4.78, 5) is 3.86. The second-order valence-electron chi connectivity index (χ2n) is 1.83. The van der Waals surface area contributed by atoms with Gasteiger partial charge in [0.05, 0.1) is 6.20 Å². The fraction of sp³-hybridized carbons (Fsp3) is 0. The van der Waals surface area contributed by atoms with Gasteiger partial charge in [-0.3, -0.25) is 0 Å². The molecular weight excluding hydrogens is 126 g/mol. The Morgan fingerprint density at radius 3 is 3.20 bits per heavy atom. The van der Waals surface area contributed by atoms with Gasteiger partial charge in [0.15, 0.2) is 5.65 Å². The summed E-state index contributed by atoms with van der Waals surface area (Å²) in [5.41, 5.74) is 0.612. The highest BCUT2D eigenvalue weighted by molar-refractivity contribution is 5.72. The van der Waals surface area contributed by atoms with Gasteiger partial charge in [-0.15, -0.1) is 10.2 Å². The molecule has 0 atom stereocenters. The Hall–Kier alpha value is -1.51. The summed E-state index contributed by atoms with van der Waals surface area (Å²) in [7, 11) is 0. The summed E-state index contributed by atoms with van der Waals surface area (Å²) in [6, 6.07) is 5.34. The van der Waals surface area contributed by atoms with E-state index in [2.05, 4.69) is 27.6 Å². The van der Waals surface area contributed by atoms with E-state index in [9.17, 15) is 0 Å². The number of pyridine rings is 1. The van der Waals surface area contributed by atoms with Crippen LogP contribution in [0.4, 0.5) is 0 Å². The van der Waals surface area contributed by atoms with Crippen LogP contribution in [0.25, 0.3) is 11.0 Å². The lowest BCUT2D eigenvalue weighted by Crippen LogP contribution is -1.84. The highest BCUT2D eigenvalue weighted by Crippen LogP contribution is 2.02. The minimum absolute atomic E-state index is 0.612. The van der Waals surface area contributed by atoms with E-state index in [1.165, 1.54) is 0 Å². The third-order valence-corrected chi connectivity index (χ3v) is 1.19. The summed E-state index contributed by atoms with van der Waals surface area (Å²) in [5.74, 6) is 0. The molecule has 46 valence electrons. The smallest absolute Gasteiger partial charge is 0.182 e. The SMILES string of the molecule is [c]1cc2cc[c]nc2nn1. The summed E-state index contributed by atoms with van der Waals surface area (Å²) >= 11 is 0. The molecule has 0 aliphatic rings. The van der Waals surface area contributed by atoms with Crippen molar-refractivity contribution in [2.75, 3.05) is 0 Å². The standard InChI is InChI=1S/C7H3N3/c1-2-6-3-5-9-10-7(6)8-4-1/h1-3H. The molecule has 0 saturated carbocycles. The van der Waals surface area contributed by atoms with Gasteiger partial charge in [-0.05, 0) is 18.2 Å². The van der Waals surface area contributed by atoms with E-state index in [1.807, 2.05) is 6.07 Å². The van der Waals surface area contributed by atoms with Crippen molar-refractivity contribution in [1.82, 2.24) is 15.2 Å². The summed E-state index contributed by atoms with van der Waals surface area (Å²) in [6.07, 6.45) is 5.29. The van der Waals surface area contributed by atoms with Crippen LogP contribution in [0, 0.1) is 12.4 Å². The van der Waals surface area contributed by atoms with Gasteiger partial charge in [-0.2, -0.15) is 0 Å². The number of hydrogen-bond acceptors (Lipinski definition) is 3. The van der Waals surface area contributed by atoms with Crippen LogP contribution in [0.15, 0.2) is 18.2 Å². The van der Waals surface area contributed by atoms with Crippen LogP contribution in [-0.4, -0.2) is 15.2 Å². The van der Waals surface area contributed by atoms with Crippen molar-refractivity contribution >= 4 is 11.0 Å². The third-order valence-electron chi connectivity index (χ3n) is 1.19. The zero-order valence-corrected chi connectivity index (χ0v) is 5.07. The molecule has 2 aromatic heterocycles. The molecule has 0 N–H and O–H groups in total. The Labute approximate surface area is 57.7 Å². The van der Waals surface area contributed by atoms with Gasteiger partial charge in [0.1, 0.15) is 6.20 Å². The van der Waals surface area contributed by atoms with E-state index in [1.54, 1.807) is 12.1 Å². The zero-order chi connectivity index (χ0) is 6.81. The average Bonchev–Trinajstić information content (AvgIpc) is 2.05. The third kappa shape index (κ3) is 0.719. The molecule has 0 amide bonds. The van der Waals surface area contributed by atoms with Crippen LogP contribution in [-0.2, 0) is 0 Å². The first-order valence-electron chi connectivity index (χ1n) is 2.83. The van der Waals surface area contributed by atoms with E-state index in [-0.39, 0.29) is 0 Å². The van der Waals surface area contributed by atoms with Crippen molar-refractivity contribution in [3.8, 4) is 0 Å². The van der Waals surface area contributed by atoms with Crippen molar-refractivity contribution in [3.05, 3.63) is 30.6 Å². The molecule has 0 unspecified atom stereocenters. The van der Waals surface area contributed by atoms with E-state index >= 15 is 0 Å². The van der Waals surface area contributed by atoms with E-state index < -0.39 is 0 Å². The normalized spacial score (nSPS) is 10.0.